The van der Waals surface area contributed by atoms with Crippen molar-refractivity contribution in [3.63, 3.8) is 0 Å². The van der Waals surface area contributed by atoms with Gasteiger partial charge in [-0.25, -0.2) is 8.42 Å². The first-order valence-electron chi connectivity index (χ1n) is 8.75. The van der Waals surface area contributed by atoms with Crippen molar-refractivity contribution in [3.8, 4) is 5.75 Å². The number of amides is 1. The van der Waals surface area contributed by atoms with Gasteiger partial charge in [-0.3, -0.25) is 4.79 Å². The number of carbonyl (C=O) groups excluding carboxylic acids is 1. The molecule has 0 aliphatic rings. The van der Waals surface area contributed by atoms with E-state index in [1.807, 2.05) is 20.8 Å². The molecular weight excluding hydrogens is 364 g/mol. The molecule has 146 valence electrons. The molecule has 0 spiro atoms. The lowest BCUT2D eigenvalue weighted by atomic mass is 10.0. The van der Waals surface area contributed by atoms with Crippen molar-refractivity contribution in [2.24, 2.45) is 5.92 Å². The molecule has 0 aliphatic carbocycles. The van der Waals surface area contributed by atoms with Crippen molar-refractivity contribution >= 4 is 21.6 Å². The van der Waals surface area contributed by atoms with Crippen LogP contribution in [-0.2, 0) is 14.8 Å². The molecule has 27 heavy (non-hydrogen) atoms. The van der Waals surface area contributed by atoms with Gasteiger partial charge in [0.2, 0.25) is 15.9 Å². The van der Waals surface area contributed by atoms with Crippen LogP contribution in [0.1, 0.15) is 25.8 Å². The Kier molecular flexibility index (Phi) is 6.98. The maximum atomic E-state index is 12.7. The number of rotatable bonds is 8. The van der Waals surface area contributed by atoms with Crippen molar-refractivity contribution < 1.29 is 17.9 Å². The molecule has 0 aliphatic heterocycles. The minimum Gasteiger partial charge on any atom is -0.497 e. The first kappa shape index (κ1) is 20.9. The molecule has 2 aromatic carbocycles. The second kappa shape index (κ2) is 9.01. The summed E-state index contributed by atoms with van der Waals surface area (Å²) in [4.78, 5) is 12.9. The second-order valence-electron chi connectivity index (χ2n) is 6.84. The highest BCUT2D eigenvalue weighted by molar-refractivity contribution is 7.89. The summed E-state index contributed by atoms with van der Waals surface area (Å²) < 4.78 is 33.0. The van der Waals surface area contributed by atoms with E-state index in [-0.39, 0.29) is 10.8 Å². The van der Waals surface area contributed by atoms with Crippen molar-refractivity contribution in [1.29, 1.82) is 0 Å². The van der Waals surface area contributed by atoms with Crippen LogP contribution in [-0.4, -0.2) is 27.5 Å². The lowest BCUT2D eigenvalue weighted by molar-refractivity contribution is -0.118. The minimum absolute atomic E-state index is 0.131. The highest BCUT2D eigenvalue weighted by atomic mass is 32.2. The first-order valence-corrected chi connectivity index (χ1v) is 10.2. The van der Waals surface area contributed by atoms with Crippen LogP contribution in [0.3, 0.4) is 0 Å². The molecule has 0 saturated heterocycles. The van der Waals surface area contributed by atoms with Crippen LogP contribution in [0.4, 0.5) is 5.69 Å². The van der Waals surface area contributed by atoms with Crippen LogP contribution >= 0.6 is 0 Å². The van der Waals surface area contributed by atoms with Crippen molar-refractivity contribution in [1.82, 2.24) is 4.72 Å². The molecule has 6 nitrogen and oxygen atoms in total. The zero-order valence-electron chi connectivity index (χ0n) is 16.0. The zero-order valence-corrected chi connectivity index (χ0v) is 16.8. The fourth-order valence-corrected chi connectivity index (χ4v) is 3.79. The van der Waals surface area contributed by atoms with Crippen molar-refractivity contribution in [2.75, 3.05) is 12.4 Å². The van der Waals surface area contributed by atoms with Crippen LogP contribution in [0.2, 0.25) is 0 Å². The average molecular weight is 391 g/mol. The third kappa shape index (κ3) is 6.08. The Morgan fingerprint density at radius 3 is 2.37 bits per heavy atom. The summed E-state index contributed by atoms with van der Waals surface area (Å²) in [6, 6.07) is 12.5. The summed E-state index contributed by atoms with van der Waals surface area (Å²) in [5, 5.41) is 2.76. The average Bonchev–Trinajstić information content (AvgIpc) is 2.61. The van der Waals surface area contributed by atoms with E-state index in [1.165, 1.54) is 19.2 Å². The normalized spacial score (nSPS) is 12.6. The SMILES string of the molecule is COc1cccc(NC(=O)C(CC(C)C)NS(=O)(=O)c2ccc(C)cc2)c1. The molecular formula is C20H26N2O4S. The number of nitrogens with one attached hydrogen (secondary N) is 2. The summed E-state index contributed by atoms with van der Waals surface area (Å²) in [6.07, 6.45) is 0.376. The van der Waals surface area contributed by atoms with Crippen LogP contribution in [0.5, 0.6) is 5.75 Å². The fourth-order valence-electron chi connectivity index (χ4n) is 2.58. The molecule has 0 aromatic heterocycles. The molecule has 1 atom stereocenters. The molecule has 0 bridgehead atoms. The molecule has 0 fully saturated rings. The van der Waals surface area contributed by atoms with Gasteiger partial charge >= 0.3 is 0 Å². The quantitative estimate of drug-likeness (QED) is 0.724. The molecule has 7 heteroatoms. The maximum Gasteiger partial charge on any atom is 0.242 e. The van der Waals surface area contributed by atoms with Gasteiger partial charge in [0, 0.05) is 11.8 Å². The number of anilines is 1. The first-order chi connectivity index (χ1) is 12.7. The van der Waals surface area contributed by atoms with Gasteiger partial charge in [-0.2, -0.15) is 4.72 Å². The van der Waals surface area contributed by atoms with E-state index in [0.717, 1.165) is 5.56 Å². The van der Waals surface area contributed by atoms with Crippen molar-refractivity contribution in [2.45, 2.75) is 38.1 Å². The summed E-state index contributed by atoms with van der Waals surface area (Å²) in [7, 11) is -2.27. The van der Waals surface area contributed by atoms with Gasteiger partial charge in [0.15, 0.2) is 0 Å². The molecule has 0 saturated carbocycles. The number of sulfonamides is 1. The van der Waals surface area contributed by atoms with Gasteiger partial charge in [-0.15, -0.1) is 0 Å². The van der Waals surface area contributed by atoms with Gasteiger partial charge in [0.1, 0.15) is 11.8 Å². The Bertz CT molecular complexity index is 877. The Hall–Kier alpha value is -2.38. The third-order valence-electron chi connectivity index (χ3n) is 3.99. The number of aryl methyl sites for hydroxylation is 1. The summed E-state index contributed by atoms with van der Waals surface area (Å²) >= 11 is 0. The molecule has 1 amide bonds. The Labute approximate surface area is 161 Å². The summed E-state index contributed by atoms with van der Waals surface area (Å²) in [5.41, 5.74) is 1.51. The predicted molar refractivity (Wildman–Crippen MR) is 106 cm³/mol. The number of benzene rings is 2. The van der Waals surface area contributed by atoms with Gasteiger partial charge in [0.05, 0.1) is 12.0 Å². The van der Waals surface area contributed by atoms with Crippen LogP contribution in [0.15, 0.2) is 53.4 Å². The van der Waals surface area contributed by atoms with Gasteiger partial charge in [-0.1, -0.05) is 37.6 Å². The zero-order chi connectivity index (χ0) is 20.0. The maximum absolute atomic E-state index is 12.7. The number of hydrogen-bond acceptors (Lipinski definition) is 4. The van der Waals surface area contributed by atoms with Crippen LogP contribution in [0.25, 0.3) is 0 Å². The standard InChI is InChI=1S/C20H26N2O4S/c1-14(2)12-19(20(23)21-16-6-5-7-17(13-16)26-4)22-27(24,25)18-10-8-15(3)9-11-18/h5-11,13-14,19,22H,12H2,1-4H3,(H,21,23). The van der Waals surface area contributed by atoms with Crippen LogP contribution in [0, 0.1) is 12.8 Å². The molecule has 1 unspecified atom stereocenters. The highest BCUT2D eigenvalue weighted by Gasteiger charge is 2.26. The Balaban J connectivity index is 2.20. The Morgan fingerprint density at radius 1 is 1.11 bits per heavy atom. The van der Waals surface area contributed by atoms with Gasteiger partial charge < -0.3 is 10.1 Å². The number of carbonyl (C=O) groups is 1. The van der Waals surface area contributed by atoms with Crippen molar-refractivity contribution in [3.05, 3.63) is 54.1 Å². The van der Waals surface area contributed by atoms with Crippen LogP contribution < -0.4 is 14.8 Å². The van der Waals surface area contributed by atoms with E-state index in [4.69, 9.17) is 4.74 Å². The smallest absolute Gasteiger partial charge is 0.242 e. The van der Waals surface area contributed by atoms with E-state index in [1.54, 1.807) is 36.4 Å². The lowest BCUT2D eigenvalue weighted by Gasteiger charge is -2.20. The molecule has 2 aromatic rings. The van der Waals surface area contributed by atoms with Gasteiger partial charge in [0.25, 0.3) is 0 Å². The largest absolute Gasteiger partial charge is 0.497 e. The number of ether oxygens (including phenoxy) is 1. The van der Waals surface area contributed by atoms with E-state index < -0.39 is 22.0 Å². The molecule has 2 rings (SSSR count). The summed E-state index contributed by atoms with van der Waals surface area (Å²) in [5.74, 6) is 0.327. The number of hydrogen-bond donors (Lipinski definition) is 2. The molecule has 2 N–H and O–H groups in total. The molecule has 0 heterocycles. The second-order valence-corrected chi connectivity index (χ2v) is 8.55. The van der Waals surface area contributed by atoms with E-state index in [2.05, 4.69) is 10.0 Å². The minimum atomic E-state index is -3.81. The summed E-state index contributed by atoms with van der Waals surface area (Å²) in [6.45, 7) is 5.75. The highest BCUT2D eigenvalue weighted by Crippen LogP contribution is 2.18. The van der Waals surface area contributed by atoms with E-state index in [9.17, 15) is 13.2 Å². The Morgan fingerprint density at radius 2 is 1.78 bits per heavy atom. The predicted octanol–water partition coefficient (Wildman–Crippen LogP) is 3.34. The fraction of sp³-hybridized carbons (Fsp3) is 0.350. The van der Waals surface area contributed by atoms with Gasteiger partial charge in [-0.05, 0) is 43.5 Å². The van der Waals surface area contributed by atoms with E-state index in [0.29, 0.717) is 17.9 Å². The third-order valence-corrected chi connectivity index (χ3v) is 5.48. The molecule has 0 radical (unpaired) electrons. The lowest BCUT2D eigenvalue weighted by Crippen LogP contribution is -2.44. The monoisotopic (exact) mass is 390 g/mol. The van der Waals surface area contributed by atoms with E-state index >= 15 is 0 Å². The topological polar surface area (TPSA) is 84.5 Å². The number of methoxy groups -OCH3 is 1.